The van der Waals surface area contributed by atoms with Crippen molar-refractivity contribution in [1.82, 2.24) is 21.3 Å². The van der Waals surface area contributed by atoms with Crippen LogP contribution in [0, 0.1) is 0 Å². The smallest absolute Gasteiger partial charge is 0.328 e. The van der Waals surface area contributed by atoms with Crippen LogP contribution >= 0.6 is 23.5 Å². The summed E-state index contributed by atoms with van der Waals surface area (Å²) in [5.41, 5.74) is 2.29. The van der Waals surface area contributed by atoms with E-state index in [2.05, 4.69) is 33.4 Å². The number of benzene rings is 2. The van der Waals surface area contributed by atoms with Crippen LogP contribution in [-0.2, 0) is 19.1 Å². The minimum Gasteiger partial charge on any atom is -0.467 e. The van der Waals surface area contributed by atoms with E-state index in [0.717, 1.165) is 11.3 Å². The normalized spacial score (nSPS) is 23.8. The van der Waals surface area contributed by atoms with Crippen LogP contribution in [0.1, 0.15) is 41.1 Å². The quantitative estimate of drug-likeness (QED) is 0.254. The molecule has 0 aromatic heterocycles. The van der Waals surface area contributed by atoms with Gasteiger partial charge in [0.2, 0.25) is 11.8 Å². The van der Waals surface area contributed by atoms with E-state index in [0.29, 0.717) is 31.6 Å². The summed E-state index contributed by atoms with van der Waals surface area (Å²) in [4.78, 5) is 37.7. The molecule has 2 aromatic rings. The van der Waals surface area contributed by atoms with Crippen molar-refractivity contribution in [3.05, 3.63) is 71.8 Å². The number of esters is 1. The number of nitrogens with one attached hydrogen (secondary N) is 4. The van der Waals surface area contributed by atoms with Gasteiger partial charge in [0.25, 0.3) is 0 Å². The van der Waals surface area contributed by atoms with E-state index < -0.39 is 12.0 Å². The lowest BCUT2D eigenvalue weighted by Crippen LogP contribution is -2.49. The maximum absolute atomic E-state index is 12.8. The van der Waals surface area contributed by atoms with Crippen molar-refractivity contribution in [2.45, 2.75) is 48.1 Å². The topological polar surface area (TPSA) is 109 Å². The maximum Gasteiger partial charge on any atom is 0.328 e. The molecule has 198 valence electrons. The van der Waals surface area contributed by atoms with Gasteiger partial charge in [-0.1, -0.05) is 60.7 Å². The predicted octanol–water partition coefficient (Wildman–Crippen LogP) is 2.74. The molecular weight excluding hydrogens is 508 g/mol. The number of carbonyl (C=O) groups excluding carboxylic acids is 3. The highest BCUT2D eigenvalue weighted by Gasteiger charge is 2.33. The molecule has 37 heavy (non-hydrogen) atoms. The third kappa shape index (κ3) is 7.73. The Labute approximate surface area is 226 Å². The van der Waals surface area contributed by atoms with E-state index in [1.165, 1.54) is 12.7 Å². The molecule has 0 radical (unpaired) electrons. The number of methoxy groups -OCH3 is 1. The Bertz CT molecular complexity index is 1040. The van der Waals surface area contributed by atoms with E-state index in [9.17, 15) is 14.4 Å². The van der Waals surface area contributed by atoms with Gasteiger partial charge in [0, 0.05) is 18.1 Å². The number of thioether (sulfide) groups is 2. The third-order valence-electron chi connectivity index (χ3n) is 6.42. The van der Waals surface area contributed by atoms with E-state index >= 15 is 0 Å². The molecule has 2 aromatic carbocycles. The zero-order valence-electron chi connectivity index (χ0n) is 20.9. The fourth-order valence-corrected chi connectivity index (χ4v) is 6.84. The molecule has 0 aliphatic carbocycles. The summed E-state index contributed by atoms with van der Waals surface area (Å²) in [6.45, 7) is 0.513. The molecule has 8 nitrogen and oxygen atoms in total. The summed E-state index contributed by atoms with van der Waals surface area (Å²) in [5, 5.41) is 12.7. The lowest BCUT2D eigenvalue weighted by Gasteiger charge is -2.19. The predicted molar refractivity (Wildman–Crippen MR) is 148 cm³/mol. The molecule has 2 saturated heterocycles. The zero-order chi connectivity index (χ0) is 26.0. The summed E-state index contributed by atoms with van der Waals surface area (Å²) in [6, 6.07) is 18.8. The van der Waals surface area contributed by atoms with Gasteiger partial charge >= 0.3 is 5.97 Å². The molecule has 2 aliphatic heterocycles. The molecule has 5 unspecified atom stereocenters. The Kier molecular flexibility index (Phi) is 10.3. The monoisotopic (exact) mass is 542 g/mol. The van der Waals surface area contributed by atoms with Crippen LogP contribution < -0.4 is 21.3 Å². The van der Waals surface area contributed by atoms with E-state index in [1.807, 2.05) is 48.5 Å². The molecule has 0 bridgehead atoms. The molecule has 0 saturated carbocycles. The van der Waals surface area contributed by atoms with Gasteiger partial charge < -0.3 is 15.4 Å². The van der Waals surface area contributed by atoms with Crippen LogP contribution in [0.2, 0.25) is 0 Å². The molecule has 2 fully saturated rings. The number of amides is 2. The second kappa shape index (κ2) is 13.9. The van der Waals surface area contributed by atoms with Gasteiger partial charge in [-0.05, 0) is 30.4 Å². The average Bonchev–Trinajstić information content (AvgIpc) is 3.64. The Balaban J connectivity index is 1.16. The number of rotatable bonds is 11. The van der Waals surface area contributed by atoms with Crippen molar-refractivity contribution >= 4 is 41.3 Å². The Morgan fingerprint density at radius 2 is 1.41 bits per heavy atom. The first-order valence-electron chi connectivity index (χ1n) is 12.6. The van der Waals surface area contributed by atoms with E-state index in [4.69, 9.17) is 4.74 Å². The van der Waals surface area contributed by atoms with Crippen LogP contribution in [0.4, 0.5) is 0 Å². The van der Waals surface area contributed by atoms with Crippen LogP contribution in [0.15, 0.2) is 60.7 Å². The summed E-state index contributed by atoms with van der Waals surface area (Å²) in [7, 11) is 1.33. The van der Waals surface area contributed by atoms with Crippen LogP contribution in [-0.4, -0.2) is 61.1 Å². The molecule has 2 aliphatic rings. The molecule has 0 spiro atoms. The lowest BCUT2D eigenvalue weighted by molar-refractivity contribution is -0.145. The van der Waals surface area contributed by atoms with Gasteiger partial charge in [0.05, 0.1) is 29.9 Å². The number of ether oxygens (including phenoxy) is 1. The van der Waals surface area contributed by atoms with Gasteiger partial charge in [0.1, 0.15) is 6.04 Å². The fourth-order valence-electron chi connectivity index (χ4n) is 4.36. The van der Waals surface area contributed by atoms with Gasteiger partial charge in [-0.2, -0.15) is 0 Å². The van der Waals surface area contributed by atoms with Crippen LogP contribution in [0.25, 0.3) is 0 Å². The average molecular weight is 543 g/mol. The maximum atomic E-state index is 12.8. The first-order valence-corrected chi connectivity index (χ1v) is 14.7. The van der Waals surface area contributed by atoms with Crippen LogP contribution in [0.5, 0.6) is 0 Å². The number of hydrogen-bond acceptors (Lipinski definition) is 8. The van der Waals surface area contributed by atoms with Crippen molar-refractivity contribution in [3.63, 3.8) is 0 Å². The lowest BCUT2D eigenvalue weighted by atomic mass is 10.1. The fraction of sp³-hybridized carbons (Fsp3) is 0.444. The molecule has 2 heterocycles. The zero-order valence-corrected chi connectivity index (χ0v) is 22.5. The Morgan fingerprint density at radius 3 is 1.95 bits per heavy atom. The summed E-state index contributed by atoms with van der Waals surface area (Å²) in [6.07, 6.45) is 1.81. The van der Waals surface area contributed by atoms with Crippen LogP contribution in [0.3, 0.4) is 0 Å². The van der Waals surface area contributed by atoms with E-state index in [-0.39, 0.29) is 34.6 Å². The third-order valence-corrected chi connectivity index (χ3v) is 8.96. The van der Waals surface area contributed by atoms with Gasteiger partial charge in [-0.3, -0.25) is 20.2 Å². The van der Waals surface area contributed by atoms with Crippen molar-refractivity contribution in [1.29, 1.82) is 0 Å². The summed E-state index contributed by atoms with van der Waals surface area (Å²) < 4.78 is 4.92. The summed E-state index contributed by atoms with van der Waals surface area (Å²) in [5.74, 6) is 0.681. The standard InChI is InChI=1S/C27H34N4O4S2/c1-35-27(34)20(29-24(33)22-17-37-26(31-22)19-12-6-3-7-13-19)14-8-9-15-28-23(32)21-16-36-25(30-21)18-10-4-2-5-11-18/h2-7,10-13,20-22,25-26,30-31H,8-9,14-17H2,1H3,(H,28,32)(H,29,33). The second-order valence-corrected chi connectivity index (χ2v) is 11.3. The Morgan fingerprint density at radius 1 is 0.865 bits per heavy atom. The minimum absolute atomic E-state index is 0.0125. The highest BCUT2D eigenvalue weighted by Crippen LogP contribution is 2.33. The number of carbonyl (C=O) groups is 3. The molecule has 2 amide bonds. The van der Waals surface area contributed by atoms with Crippen molar-refractivity contribution in [2.24, 2.45) is 0 Å². The Hall–Kier alpha value is -2.53. The van der Waals surface area contributed by atoms with Gasteiger partial charge in [0.15, 0.2) is 0 Å². The highest BCUT2D eigenvalue weighted by molar-refractivity contribution is 8.00. The molecule has 4 rings (SSSR count). The number of hydrogen-bond donors (Lipinski definition) is 4. The van der Waals surface area contributed by atoms with Crippen molar-refractivity contribution in [3.8, 4) is 0 Å². The largest absolute Gasteiger partial charge is 0.467 e. The first kappa shape index (κ1) is 27.5. The summed E-state index contributed by atoms with van der Waals surface area (Å²) >= 11 is 3.40. The molecular formula is C27H34N4O4S2. The van der Waals surface area contributed by atoms with Crippen molar-refractivity contribution in [2.75, 3.05) is 25.2 Å². The second-order valence-electron chi connectivity index (χ2n) is 9.06. The van der Waals surface area contributed by atoms with E-state index in [1.54, 1.807) is 23.5 Å². The SMILES string of the molecule is COC(=O)C(CCCCNC(=O)C1CSC(c2ccccc2)N1)NC(=O)C1CSC(c2ccccc2)N1. The molecule has 10 heteroatoms. The highest BCUT2D eigenvalue weighted by atomic mass is 32.2. The van der Waals surface area contributed by atoms with Gasteiger partial charge in [-0.25, -0.2) is 4.79 Å². The molecule has 5 atom stereocenters. The minimum atomic E-state index is -0.713. The van der Waals surface area contributed by atoms with Crippen molar-refractivity contribution < 1.29 is 19.1 Å². The number of unbranched alkanes of at least 4 members (excludes halogenated alkanes) is 1. The van der Waals surface area contributed by atoms with Gasteiger partial charge in [-0.15, -0.1) is 23.5 Å². The molecule has 4 N–H and O–H groups in total. The first-order chi connectivity index (χ1) is 18.0.